The highest BCUT2D eigenvalue weighted by Crippen LogP contribution is 1.94. The van der Waals surface area contributed by atoms with Gasteiger partial charge in [0.25, 0.3) is 5.91 Å². The van der Waals surface area contributed by atoms with Gasteiger partial charge < -0.3 is 5.32 Å². The van der Waals surface area contributed by atoms with Crippen molar-refractivity contribution in [3.8, 4) is 6.07 Å². The molecule has 0 aliphatic rings. The van der Waals surface area contributed by atoms with Gasteiger partial charge in [-0.25, -0.2) is 0 Å². The van der Waals surface area contributed by atoms with Gasteiger partial charge in [0, 0.05) is 19.8 Å². The number of hydrogen-bond donors (Lipinski definition) is 1. The summed E-state index contributed by atoms with van der Waals surface area (Å²) in [7, 11) is 1.74. The highest BCUT2D eigenvalue weighted by atomic mass is 16.1. The molecule has 0 atom stereocenters. The number of aryl methyl sites for hydroxylation is 1. The average molecular weight is 178 g/mol. The van der Waals surface area contributed by atoms with Crippen molar-refractivity contribution in [2.75, 3.05) is 6.54 Å². The zero-order chi connectivity index (χ0) is 9.68. The van der Waals surface area contributed by atoms with Crippen LogP contribution >= 0.6 is 0 Å². The third-order valence-corrected chi connectivity index (χ3v) is 1.49. The third kappa shape index (κ3) is 2.60. The summed E-state index contributed by atoms with van der Waals surface area (Å²) in [5.74, 6) is -0.191. The van der Waals surface area contributed by atoms with Crippen molar-refractivity contribution in [2.24, 2.45) is 7.05 Å². The minimum Gasteiger partial charge on any atom is -0.351 e. The summed E-state index contributed by atoms with van der Waals surface area (Å²) in [6, 6.07) is 1.94. The fraction of sp³-hybridized carbons (Fsp3) is 0.375. The molecule has 0 radical (unpaired) electrons. The minimum absolute atomic E-state index is 0.191. The van der Waals surface area contributed by atoms with Crippen LogP contribution in [-0.4, -0.2) is 22.2 Å². The predicted octanol–water partition coefficient (Wildman–Crippen LogP) is 0.0636. The Hall–Kier alpha value is -1.83. The van der Waals surface area contributed by atoms with E-state index in [1.165, 1.54) is 6.20 Å². The Kier molecular flexibility index (Phi) is 3.03. The molecule has 0 unspecified atom stereocenters. The van der Waals surface area contributed by atoms with Gasteiger partial charge in [0.2, 0.25) is 0 Å². The predicted molar refractivity (Wildman–Crippen MR) is 45.8 cm³/mol. The average Bonchev–Trinajstić information content (AvgIpc) is 2.52. The molecular weight excluding hydrogens is 168 g/mol. The Labute approximate surface area is 76.0 Å². The minimum atomic E-state index is -0.191. The molecule has 1 aromatic rings. The van der Waals surface area contributed by atoms with E-state index in [2.05, 4.69) is 10.4 Å². The molecule has 1 aromatic heterocycles. The third-order valence-electron chi connectivity index (χ3n) is 1.49. The monoisotopic (exact) mass is 178 g/mol. The van der Waals surface area contributed by atoms with Gasteiger partial charge >= 0.3 is 0 Å². The summed E-state index contributed by atoms with van der Waals surface area (Å²) < 4.78 is 1.55. The molecule has 68 valence electrons. The summed E-state index contributed by atoms with van der Waals surface area (Å²) in [6.07, 6.45) is 3.44. The van der Waals surface area contributed by atoms with Crippen molar-refractivity contribution in [2.45, 2.75) is 6.42 Å². The normalized spacial score (nSPS) is 9.23. The summed E-state index contributed by atoms with van der Waals surface area (Å²) in [4.78, 5) is 11.3. The van der Waals surface area contributed by atoms with Crippen LogP contribution < -0.4 is 5.32 Å². The number of nitrogens with one attached hydrogen (secondary N) is 1. The van der Waals surface area contributed by atoms with E-state index in [0.29, 0.717) is 18.5 Å². The van der Waals surface area contributed by atoms with E-state index in [0.717, 1.165) is 0 Å². The number of hydrogen-bond acceptors (Lipinski definition) is 3. The van der Waals surface area contributed by atoms with Crippen LogP contribution in [0.3, 0.4) is 0 Å². The standard InChI is InChI=1S/C8H10N4O/c1-12-6-7(5-11-12)8(13)10-4-2-3-9/h5-6H,2,4H2,1H3,(H,10,13). The largest absolute Gasteiger partial charge is 0.351 e. The molecule has 1 N–H and O–H groups in total. The highest BCUT2D eigenvalue weighted by Gasteiger charge is 2.05. The van der Waals surface area contributed by atoms with Crippen molar-refractivity contribution >= 4 is 5.91 Å². The molecule has 0 aliphatic carbocycles. The Morgan fingerprint density at radius 2 is 2.62 bits per heavy atom. The molecule has 1 amide bonds. The maximum atomic E-state index is 11.3. The van der Waals surface area contributed by atoms with Gasteiger partial charge in [-0.15, -0.1) is 0 Å². The Morgan fingerprint density at radius 3 is 3.15 bits per heavy atom. The number of nitrogens with zero attached hydrogens (tertiary/aromatic N) is 3. The molecular formula is C8H10N4O. The second kappa shape index (κ2) is 4.26. The first-order valence-electron chi connectivity index (χ1n) is 3.88. The van der Waals surface area contributed by atoms with Crippen molar-refractivity contribution in [3.63, 3.8) is 0 Å². The van der Waals surface area contributed by atoms with Crippen molar-refractivity contribution < 1.29 is 4.79 Å². The molecule has 0 aromatic carbocycles. The first-order chi connectivity index (χ1) is 6.24. The van der Waals surface area contributed by atoms with Gasteiger partial charge in [0.1, 0.15) is 0 Å². The second-order valence-corrected chi connectivity index (χ2v) is 2.57. The lowest BCUT2D eigenvalue weighted by Crippen LogP contribution is -2.23. The number of nitriles is 1. The summed E-state index contributed by atoms with van der Waals surface area (Å²) in [5, 5.41) is 14.7. The summed E-state index contributed by atoms with van der Waals surface area (Å²) in [5.41, 5.74) is 0.514. The maximum absolute atomic E-state index is 11.3. The summed E-state index contributed by atoms with van der Waals surface area (Å²) >= 11 is 0. The van der Waals surface area contributed by atoms with E-state index >= 15 is 0 Å². The number of rotatable bonds is 3. The van der Waals surface area contributed by atoms with Gasteiger partial charge in [-0.3, -0.25) is 9.48 Å². The van der Waals surface area contributed by atoms with E-state index < -0.39 is 0 Å². The lowest BCUT2D eigenvalue weighted by molar-refractivity contribution is 0.0954. The SMILES string of the molecule is Cn1cc(C(=O)NCCC#N)cn1. The Morgan fingerprint density at radius 1 is 1.85 bits per heavy atom. The second-order valence-electron chi connectivity index (χ2n) is 2.57. The van der Waals surface area contributed by atoms with Crippen LogP contribution in [0.25, 0.3) is 0 Å². The number of carbonyl (C=O) groups excluding carboxylic acids is 1. The zero-order valence-electron chi connectivity index (χ0n) is 7.32. The van der Waals surface area contributed by atoms with E-state index in [1.54, 1.807) is 17.9 Å². The van der Waals surface area contributed by atoms with Crippen LogP contribution in [-0.2, 0) is 7.05 Å². The van der Waals surface area contributed by atoms with Crippen LogP contribution in [0, 0.1) is 11.3 Å². The van der Waals surface area contributed by atoms with Crippen LogP contribution in [0.5, 0.6) is 0 Å². The molecule has 0 spiro atoms. The smallest absolute Gasteiger partial charge is 0.254 e. The fourth-order valence-electron chi connectivity index (χ4n) is 0.872. The maximum Gasteiger partial charge on any atom is 0.254 e. The van der Waals surface area contributed by atoms with Gasteiger partial charge in [0.15, 0.2) is 0 Å². The molecule has 13 heavy (non-hydrogen) atoms. The number of aromatic nitrogens is 2. The van der Waals surface area contributed by atoms with Crippen LogP contribution in [0.2, 0.25) is 0 Å². The lowest BCUT2D eigenvalue weighted by atomic mass is 10.3. The van der Waals surface area contributed by atoms with Gasteiger partial charge in [-0.1, -0.05) is 0 Å². The first-order valence-corrected chi connectivity index (χ1v) is 3.88. The van der Waals surface area contributed by atoms with Crippen LogP contribution in [0.1, 0.15) is 16.8 Å². The van der Waals surface area contributed by atoms with E-state index in [1.807, 2.05) is 6.07 Å². The van der Waals surface area contributed by atoms with Crippen LogP contribution in [0.4, 0.5) is 0 Å². The molecule has 5 heteroatoms. The lowest BCUT2D eigenvalue weighted by Gasteiger charge is -1.97. The Bertz CT molecular complexity index is 336. The van der Waals surface area contributed by atoms with E-state index in [9.17, 15) is 4.79 Å². The highest BCUT2D eigenvalue weighted by molar-refractivity contribution is 5.93. The van der Waals surface area contributed by atoms with Gasteiger partial charge in [-0.05, 0) is 0 Å². The number of amides is 1. The molecule has 5 nitrogen and oxygen atoms in total. The fourth-order valence-corrected chi connectivity index (χ4v) is 0.872. The van der Waals surface area contributed by atoms with Crippen molar-refractivity contribution in [3.05, 3.63) is 18.0 Å². The quantitative estimate of drug-likeness (QED) is 0.665. The number of carbonyl (C=O) groups is 1. The van der Waals surface area contributed by atoms with E-state index in [-0.39, 0.29) is 5.91 Å². The molecule has 0 saturated heterocycles. The van der Waals surface area contributed by atoms with E-state index in [4.69, 9.17) is 5.26 Å². The van der Waals surface area contributed by atoms with Crippen molar-refractivity contribution in [1.29, 1.82) is 5.26 Å². The van der Waals surface area contributed by atoms with Crippen molar-refractivity contribution in [1.82, 2.24) is 15.1 Å². The van der Waals surface area contributed by atoms with Gasteiger partial charge in [-0.2, -0.15) is 10.4 Å². The summed E-state index contributed by atoms with van der Waals surface area (Å²) in [6.45, 7) is 0.379. The Balaban J connectivity index is 2.45. The molecule has 0 aliphatic heterocycles. The zero-order valence-corrected chi connectivity index (χ0v) is 7.32. The molecule has 1 rings (SSSR count). The molecule has 0 bridgehead atoms. The molecule has 0 saturated carbocycles. The first kappa shape index (κ1) is 9.26. The van der Waals surface area contributed by atoms with Gasteiger partial charge in [0.05, 0.1) is 24.3 Å². The topological polar surface area (TPSA) is 70.7 Å². The molecule has 0 fully saturated rings. The van der Waals surface area contributed by atoms with Crippen LogP contribution in [0.15, 0.2) is 12.4 Å². The molecule has 1 heterocycles.